The van der Waals surface area contributed by atoms with Gasteiger partial charge >= 0.3 is 0 Å². The molecule has 0 atom stereocenters. The normalized spacial score (nSPS) is 7.43. The van der Waals surface area contributed by atoms with Crippen molar-refractivity contribution >= 4 is 52.3 Å². The second-order valence-corrected chi connectivity index (χ2v) is 2.05. The first kappa shape index (κ1) is 7.27. The minimum absolute atomic E-state index is 0.661. The Morgan fingerprint density at radius 1 is 1.43 bits per heavy atom. The van der Waals surface area contributed by atoms with E-state index in [-0.39, 0.29) is 0 Å². The standard InChI is InChI=1S/C4H4S3/c5-2-1-4(7)3-6/h2-3H,1H2. The molecule has 0 nitrogen and oxygen atoms in total. The predicted molar refractivity (Wildman–Crippen MR) is 44.5 cm³/mol. The maximum atomic E-state index is 4.70. The molecule has 0 spiro atoms. The average Bonchev–Trinajstić information content (AvgIpc) is 1.68. The van der Waals surface area contributed by atoms with E-state index in [9.17, 15) is 0 Å². The van der Waals surface area contributed by atoms with E-state index in [1.165, 1.54) is 5.37 Å². The molecule has 0 aliphatic heterocycles. The Hall–Kier alpha value is 0.270. The molecule has 0 unspecified atom stereocenters. The fraction of sp³-hybridized carbons (Fsp3) is 0.250. The van der Waals surface area contributed by atoms with Gasteiger partial charge in [0.05, 0.1) is 0 Å². The molecule has 38 valence electrons. The van der Waals surface area contributed by atoms with Crippen molar-refractivity contribution in [1.29, 1.82) is 0 Å². The van der Waals surface area contributed by atoms with Crippen LogP contribution in [0, 0.1) is 0 Å². The Morgan fingerprint density at radius 3 is 2.14 bits per heavy atom. The van der Waals surface area contributed by atoms with Gasteiger partial charge in [0, 0.05) is 16.7 Å². The largest absolute Gasteiger partial charge is 0.0931 e. The topological polar surface area (TPSA) is 0 Å². The summed E-state index contributed by atoms with van der Waals surface area (Å²) in [6.45, 7) is 0. The molecule has 0 amide bonds. The highest BCUT2D eigenvalue weighted by atomic mass is 32.1. The fourth-order valence-electron chi connectivity index (χ4n) is 0.130. The summed E-state index contributed by atoms with van der Waals surface area (Å²) in [7, 11) is 0. The highest BCUT2D eigenvalue weighted by Crippen LogP contribution is 1.78. The zero-order valence-corrected chi connectivity index (χ0v) is 6.04. The predicted octanol–water partition coefficient (Wildman–Crippen LogP) is 1.75. The lowest BCUT2D eigenvalue weighted by molar-refractivity contribution is 1.82. The molecular formula is C4H4S3. The summed E-state index contributed by atoms with van der Waals surface area (Å²) in [6.07, 6.45) is 0.661. The summed E-state index contributed by atoms with van der Waals surface area (Å²) in [4.78, 5) is 0.741. The number of rotatable bonds is 3. The summed E-state index contributed by atoms with van der Waals surface area (Å²) < 4.78 is 0. The Balaban J connectivity index is 3.36. The van der Waals surface area contributed by atoms with Crippen LogP contribution in [-0.2, 0) is 0 Å². The van der Waals surface area contributed by atoms with Gasteiger partial charge < -0.3 is 0 Å². The molecule has 0 fully saturated rings. The lowest BCUT2D eigenvalue weighted by Crippen LogP contribution is -1.91. The Bertz CT molecular complexity index is 95.1. The van der Waals surface area contributed by atoms with Crippen LogP contribution in [0.25, 0.3) is 0 Å². The monoisotopic (exact) mass is 148 g/mol. The quantitative estimate of drug-likeness (QED) is 0.560. The van der Waals surface area contributed by atoms with Gasteiger partial charge in [-0.1, -0.05) is 36.7 Å². The summed E-state index contributed by atoms with van der Waals surface area (Å²) in [5.74, 6) is 0. The van der Waals surface area contributed by atoms with Crippen molar-refractivity contribution in [2.75, 3.05) is 0 Å². The molecule has 7 heavy (non-hydrogen) atoms. The molecule has 0 saturated heterocycles. The van der Waals surface area contributed by atoms with E-state index in [0.717, 1.165) is 4.86 Å². The highest BCUT2D eigenvalue weighted by molar-refractivity contribution is 7.88. The van der Waals surface area contributed by atoms with Gasteiger partial charge in [0.1, 0.15) is 0 Å². The second-order valence-electron chi connectivity index (χ2n) is 0.955. The molecule has 0 N–H and O–H groups in total. The summed E-state index contributed by atoms with van der Waals surface area (Å²) in [5, 5.41) is 3.04. The van der Waals surface area contributed by atoms with Crippen LogP contribution in [0.1, 0.15) is 6.42 Å². The molecule has 0 aliphatic rings. The highest BCUT2D eigenvalue weighted by Gasteiger charge is 1.81. The molecule has 0 aromatic carbocycles. The lowest BCUT2D eigenvalue weighted by Gasteiger charge is -1.80. The van der Waals surface area contributed by atoms with Gasteiger partial charge in [0.15, 0.2) is 0 Å². The molecule has 0 saturated carbocycles. The van der Waals surface area contributed by atoms with Crippen molar-refractivity contribution in [1.82, 2.24) is 0 Å². The molecule has 0 aromatic heterocycles. The van der Waals surface area contributed by atoms with Gasteiger partial charge in [-0.25, -0.2) is 0 Å². The van der Waals surface area contributed by atoms with Crippen LogP contribution < -0.4 is 0 Å². The number of hydrogen-bond donors (Lipinski definition) is 0. The van der Waals surface area contributed by atoms with Crippen LogP contribution in [0.3, 0.4) is 0 Å². The molecule has 3 heteroatoms. The first-order valence-corrected chi connectivity index (χ1v) is 3.08. The van der Waals surface area contributed by atoms with E-state index < -0.39 is 0 Å². The van der Waals surface area contributed by atoms with Crippen LogP contribution in [-0.4, -0.2) is 15.6 Å². The van der Waals surface area contributed by atoms with Crippen molar-refractivity contribution < 1.29 is 0 Å². The van der Waals surface area contributed by atoms with E-state index in [0.29, 0.717) is 6.42 Å². The van der Waals surface area contributed by atoms with Gasteiger partial charge in [0.2, 0.25) is 0 Å². The van der Waals surface area contributed by atoms with E-state index in [4.69, 9.17) is 12.2 Å². The molecule has 0 radical (unpaired) electrons. The molecule has 0 aliphatic carbocycles. The van der Waals surface area contributed by atoms with Crippen LogP contribution >= 0.6 is 36.7 Å². The molecular weight excluding hydrogens is 144 g/mol. The first-order valence-electron chi connectivity index (χ1n) is 1.73. The molecule has 0 heterocycles. The summed E-state index contributed by atoms with van der Waals surface area (Å²) >= 11 is 13.7. The van der Waals surface area contributed by atoms with Crippen LogP contribution in [0.2, 0.25) is 0 Å². The number of hydrogen-bond acceptors (Lipinski definition) is 3. The van der Waals surface area contributed by atoms with Crippen molar-refractivity contribution in [2.24, 2.45) is 0 Å². The first-order chi connectivity index (χ1) is 3.31. The van der Waals surface area contributed by atoms with E-state index in [1.807, 2.05) is 0 Å². The van der Waals surface area contributed by atoms with E-state index in [1.54, 1.807) is 5.37 Å². The van der Waals surface area contributed by atoms with Crippen molar-refractivity contribution in [2.45, 2.75) is 6.42 Å². The van der Waals surface area contributed by atoms with E-state index >= 15 is 0 Å². The Morgan fingerprint density at radius 2 is 2.00 bits per heavy atom. The lowest BCUT2D eigenvalue weighted by atomic mass is 10.4. The third-order valence-corrected chi connectivity index (χ3v) is 1.30. The molecule has 0 bridgehead atoms. The Labute approximate surface area is 58.9 Å². The van der Waals surface area contributed by atoms with Gasteiger partial charge in [-0.2, -0.15) is 0 Å². The zero-order valence-electron chi connectivity index (χ0n) is 3.59. The van der Waals surface area contributed by atoms with Crippen molar-refractivity contribution in [3.8, 4) is 0 Å². The smallest absolute Gasteiger partial charge is 0.0305 e. The molecule has 0 rings (SSSR count). The van der Waals surface area contributed by atoms with Crippen LogP contribution in [0.15, 0.2) is 0 Å². The fourth-order valence-corrected chi connectivity index (χ4v) is 0.595. The van der Waals surface area contributed by atoms with Gasteiger partial charge in [0.25, 0.3) is 0 Å². The minimum Gasteiger partial charge on any atom is -0.0931 e. The third kappa shape index (κ3) is 4.12. The molecule has 0 aromatic rings. The average molecular weight is 148 g/mol. The van der Waals surface area contributed by atoms with Crippen LogP contribution in [0.5, 0.6) is 0 Å². The second kappa shape index (κ2) is 4.43. The third-order valence-electron chi connectivity index (χ3n) is 0.416. The maximum absolute atomic E-state index is 4.70. The number of thiocarbonyl (C=S) groups is 3. The van der Waals surface area contributed by atoms with E-state index in [2.05, 4.69) is 24.4 Å². The van der Waals surface area contributed by atoms with Gasteiger partial charge in [-0.15, -0.1) is 0 Å². The zero-order chi connectivity index (χ0) is 5.70. The minimum atomic E-state index is 0.661. The summed E-state index contributed by atoms with van der Waals surface area (Å²) in [6, 6.07) is 0. The van der Waals surface area contributed by atoms with Crippen molar-refractivity contribution in [3.63, 3.8) is 0 Å². The summed E-state index contributed by atoms with van der Waals surface area (Å²) in [5.41, 5.74) is 0. The van der Waals surface area contributed by atoms with Crippen LogP contribution in [0.4, 0.5) is 0 Å². The van der Waals surface area contributed by atoms with Gasteiger partial charge in [-0.3, -0.25) is 0 Å². The SMILES string of the molecule is S=CCC(=S)C=S. The van der Waals surface area contributed by atoms with Gasteiger partial charge in [-0.05, 0) is 5.37 Å². The maximum Gasteiger partial charge on any atom is 0.0305 e. The van der Waals surface area contributed by atoms with Crippen molar-refractivity contribution in [3.05, 3.63) is 0 Å². The Kier molecular flexibility index (Phi) is 4.60.